The number of rotatable bonds is 5. The van der Waals surface area contributed by atoms with Crippen LogP contribution < -0.4 is 5.32 Å². The number of aromatic nitrogens is 3. The Balaban J connectivity index is 2.31. The number of nitrogens with zero attached hydrogens (tertiary/aromatic N) is 3. The number of fused-ring (bicyclic) bond motifs is 1. The molecular weight excluding hydrogens is 244 g/mol. The number of nitrogens with one attached hydrogen (secondary N) is 1. The van der Waals surface area contributed by atoms with E-state index < -0.39 is 0 Å². The quantitative estimate of drug-likeness (QED) is 0.726. The third-order valence-electron chi connectivity index (χ3n) is 3.28. The van der Waals surface area contributed by atoms with Crippen molar-refractivity contribution in [3.05, 3.63) is 29.2 Å². The largest absolute Gasteiger partial charge is 0.395 e. The Morgan fingerprint density at radius 3 is 2.63 bits per heavy atom. The normalized spacial score (nSPS) is 13.4. The molecule has 0 bridgehead atoms. The van der Waals surface area contributed by atoms with Crippen LogP contribution in [0, 0.1) is 13.8 Å². The fourth-order valence-electron chi connectivity index (χ4n) is 2.21. The maximum Gasteiger partial charge on any atom is 0.155 e. The number of aryl methyl sites for hydroxylation is 2. The zero-order valence-electron chi connectivity index (χ0n) is 11.5. The monoisotopic (exact) mass is 264 g/mol. The van der Waals surface area contributed by atoms with Crippen molar-refractivity contribution in [3.63, 3.8) is 0 Å². The summed E-state index contributed by atoms with van der Waals surface area (Å²) >= 11 is 0. The first-order chi connectivity index (χ1) is 9.06. The van der Waals surface area contributed by atoms with Gasteiger partial charge < -0.3 is 15.5 Å². The smallest absolute Gasteiger partial charge is 0.155 e. The van der Waals surface area contributed by atoms with E-state index >= 15 is 0 Å². The van der Waals surface area contributed by atoms with Crippen molar-refractivity contribution in [2.45, 2.75) is 32.9 Å². The van der Waals surface area contributed by atoms with Crippen LogP contribution in [0.25, 0.3) is 5.65 Å². The predicted octanol–water partition coefficient (Wildman–Crippen LogP) is 0.350. The maximum atomic E-state index is 9.11. The molecule has 2 rings (SSSR count). The van der Waals surface area contributed by atoms with Gasteiger partial charge in [-0.05, 0) is 20.8 Å². The second-order valence-electron chi connectivity index (χ2n) is 4.81. The molecule has 104 valence electrons. The summed E-state index contributed by atoms with van der Waals surface area (Å²) in [5, 5.41) is 25.8. The van der Waals surface area contributed by atoms with E-state index in [1.54, 1.807) is 0 Å². The lowest BCUT2D eigenvalue weighted by Gasteiger charge is -2.21. The predicted molar refractivity (Wildman–Crippen MR) is 72.0 cm³/mol. The Morgan fingerprint density at radius 1 is 1.32 bits per heavy atom. The van der Waals surface area contributed by atoms with Gasteiger partial charge in [-0.3, -0.25) is 0 Å². The van der Waals surface area contributed by atoms with Gasteiger partial charge in [0.15, 0.2) is 5.65 Å². The summed E-state index contributed by atoms with van der Waals surface area (Å²) < 4.78 is 1.82. The van der Waals surface area contributed by atoms with Gasteiger partial charge in [0.1, 0.15) is 0 Å². The number of aliphatic hydroxyl groups is 2. The third kappa shape index (κ3) is 2.75. The summed E-state index contributed by atoms with van der Waals surface area (Å²) in [5.74, 6) is 0. The van der Waals surface area contributed by atoms with Crippen LogP contribution in [0.5, 0.6) is 0 Å². The molecule has 1 atom stereocenters. The van der Waals surface area contributed by atoms with Gasteiger partial charge in [-0.15, -0.1) is 0 Å². The molecule has 2 aromatic heterocycles. The van der Waals surface area contributed by atoms with Gasteiger partial charge in [0.25, 0.3) is 0 Å². The van der Waals surface area contributed by atoms with Gasteiger partial charge in [0, 0.05) is 29.6 Å². The molecule has 0 fully saturated rings. The summed E-state index contributed by atoms with van der Waals surface area (Å²) in [6, 6.07) is 1.58. The summed E-state index contributed by atoms with van der Waals surface area (Å²) in [6.45, 7) is 5.70. The minimum Gasteiger partial charge on any atom is -0.395 e. The average Bonchev–Trinajstić information content (AvgIpc) is 2.77. The molecule has 19 heavy (non-hydrogen) atoms. The van der Waals surface area contributed by atoms with E-state index in [9.17, 15) is 0 Å². The first kappa shape index (κ1) is 13.9. The maximum absolute atomic E-state index is 9.11. The topological polar surface area (TPSA) is 82.7 Å². The molecule has 0 amide bonds. The van der Waals surface area contributed by atoms with Crippen LogP contribution in [-0.2, 0) is 0 Å². The molecule has 6 heteroatoms. The summed E-state index contributed by atoms with van der Waals surface area (Å²) in [6.07, 6.45) is 1.81. The lowest BCUT2D eigenvalue weighted by Crippen LogP contribution is -2.37. The van der Waals surface area contributed by atoms with E-state index in [0.29, 0.717) is 0 Å². The Labute approximate surface area is 112 Å². The lowest BCUT2D eigenvalue weighted by molar-refractivity contribution is 0.163. The highest BCUT2D eigenvalue weighted by molar-refractivity contribution is 5.42. The second kappa shape index (κ2) is 5.64. The van der Waals surface area contributed by atoms with Gasteiger partial charge in [0.05, 0.1) is 24.9 Å². The SMILES string of the molecule is Cc1cc2ncc(C(C)NC(CO)CO)c(C)n2n1. The molecule has 2 aromatic rings. The van der Waals surface area contributed by atoms with Gasteiger partial charge in [0.2, 0.25) is 0 Å². The Morgan fingerprint density at radius 2 is 2.00 bits per heavy atom. The molecule has 3 N–H and O–H groups in total. The molecule has 0 saturated heterocycles. The average molecular weight is 264 g/mol. The van der Waals surface area contributed by atoms with Crippen molar-refractivity contribution < 1.29 is 10.2 Å². The van der Waals surface area contributed by atoms with Crippen LogP contribution in [-0.4, -0.2) is 44.1 Å². The molecule has 1 unspecified atom stereocenters. The van der Waals surface area contributed by atoms with Gasteiger partial charge in [-0.25, -0.2) is 9.50 Å². The van der Waals surface area contributed by atoms with Crippen molar-refractivity contribution in [1.82, 2.24) is 19.9 Å². The van der Waals surface area contributed by atoms with Gasteiger partial charge in [-0.1, -0.05) is 0 Å². The molecule has 0 aliphatic rings. The number of aliphatic hydroxyl groups excluding tert-OH is 2. The number of hydrogen-bond acceptors (Lipinski definition) is 5. The Kier molecular flexibility index (Phi) is 4.14. The van der Waals surface area contributed by atoms with Gasteiger partial charge in [-0.2, -0.15) is 5.10 Å². The highest BCUT2D eigenvalue weighted by Gasteiger charge is 2.16. The van der Waals surface area contributed by atoms with Crippen LogP contribution in [0.1, 0.15) is 29.9 Å². The van der Waals surface area contributed by atoms with E-state index in [2.05, 4.69) is 15.4 Å². The summed E-state index contributed by atoms with van der Waals surface area (Å²) in [5.41, 5.74) is 3.76. The van der Waals surface area contributed by atoms with Crippen LogP contribution in [0.2, 0.25) is 0 Å². The zero-order valence-corrected chi connectivity index (χ0v) is 11.5. The first-order valence-electron chi connectivity index (χ1n) is 6.36. The van der Waals surface area contributed by atoms with Crippen LogP contribution in [0.4, 0.5) is 0 Å². The summed E-state index contributed by atoms with van der Waals surface area (Å²) in [4.78, 5) is 4.38. The fraction of sp³-hybridized carbons (Fsp3) is 0.538. The van der Waals surface area contributed by atoms with E-state index in [1.807, 2.05) is 37.5 Å². The minimum atomic E-state index is -0.329. The Hall–Kier alpha value is -1.50. The van der Waals surface area contributed by atoms with Gasteiger partial charge >= 0.3 is 0 Å². The Bertz CT molecular complexity index is 563. The van der Waals surface area contributed by atoms with Crippen molar-refractivity contribution >= 4 is 5.65 Å². The third-order valence-corrected chi connectivity index (χ3v) is 3.28. The molecular formula is C13H20N4O2. The molecule has 0 aromatic carbocycles. The van der Waals surface area contributed by atoms with E-state index in [1.165, 1.54) is 0 Å². The van der Waals surface area contributed by atoms with E-state index in [4.69, 9.17) is 10.2 Å². The van der Waals surface area contributed by atoms with E-state index in [-0.39, 0.29) is 25.3 Å². The molecule has 0 aliphatic carbocycles. The van der Waals surface area contributed by atoms with Crippen molar-refractivity contribution in [3.8, 4) is 0 Å². The molecule has 0 aliphatic heterocycles. The highest BCUT2D eigenvalue weighted by atomic mass is 16.3. The molecule has 0 spiro atoms. The highest BCUT2D eigenvalue weighted by Crippen LogP contribution is 2.18. The molecule has 2 heterocycles. The molecule has 0 radical (unpaired) electrons. The first-order valence-corrected chi connectivity index (χ1v) is 6.36. The summed E-state index contributed by atoms with van der Waals surface area (Å²) in [7, 11) is 0. The zero-order chi connectivity index (χ0) is 14.0. The molecule has 6 nitrogen and oxygen atoms in total. The molecule has 0 saturated carbocycles. The van der Waals surface area contributed by atoms with Crippen molar-refractivity contribution in [2.24, 2.45) is 0 Å². The fourth-order valence-corrected chi connectivity index (χ4v) is 2.21. The second-order valence-corrected chi connectivity index (χ2v) is 4.81. The van der Waals surface area contributed by atoms with Crippen LogP contribution >= 0.6 is 0 Å². The number of hydrogen-bond donors (Lipinski definition) is 3. The van der Waals surface area contributed by atoms with Crippen LogP contribution in [0.3, 0.4) is 0 Å². The van der Waals surface area contributed by atoms with E-state index in [0.717, 1.165) is 22.6 Å². The minimum absolute atomic E-state index is 0.0225. The van der Waals surface area contributed by atoms with Crippen molar-refractivity contribution in [1.29, 1.82) is 0 Å². The van der Waals surface area contributed by atoms with Crippen molar-refractivity contribution in [2.75, 3.05) is 13.2 Å². The standard InChI is InChI=1S/C13H20N4O2/c1-8-4-13-14-5-12(10(3)17(13)16-8)9(2)15-11(6-18)7-19/h4-5,9,11,15,18-19H,6-7H2,1-3H3. The van der Waals surface area contributed by atoms with Crippen LogP contribution in [0.15, 0.2) is 12.3 Å². The lowest BCUT2D eigenvalue weighted by atomic mass is 10.1.